The maximum Gasteiger partial charge on any atom is 0.351 e. The molecular formula is C17H24O6. The molecule has 0 unspecified atom stereocenters. The average molecular weight is 324 g/mol. The van der Waals surface area contributed by atoms with Gasteiger partial charge in [0.25, 0.3) is 0 Å². The summed E-state index contributed by atoms with van der Waals surface area (Å²) in [7, 11) is 0. The van der Waals surface area contributed by atoms with Gasteiger partial charge in [0.2, 0.25) is 5.60 Å². The van der Waals surface area contributed by atoms with Crippen molar-refractivity contribution in [3.8, 4) is 0 Å². The van der Waals surface area contributed by atoms with Gasteiger partial charge < -0.3 is 14.2 Å². The van der Waals surface area contributed by atoms with E-state index in [1.807, 2.05) is 0 Å². The Labute approximate surface area is 136 Å². The summed E-state index contributed by atoms with van der Waals surface area (Å²) in [6.45, 7) is 12.6. The molecule has 2 heterocycles. The summed E-state index contributed by atoms with van der Waals surface area (Å²) in [5.74, 6) is -2.61. The topological polar surface area (TPSA) is 78.9 Å². The van der Waals surface area contributed by atoms with Gasteiger partial charge in [-0.1, -0.05) is 6.58 Å². The van der Waals surface area contributed by atoms with Crippen LogP contribution in [0.4, 0.5) is 0 Å². The summed E-state index contributed by atoms with van der Waals surface area (Å²) >= 11 is 0. The molecule has 3 atom stereocenters. The fraction of sp³-hybridized carbons (Fsp3) is 0.706. The smallest absolute Gasteiger partial charge is 0.351 e. The molecular weight excluding hydrogens is 300 g/mol. The summed E-state index contributed by atoms with van der Waals surface area (Å²) in [5.41, 5.74) is -3.56. The van der Waals surface area contributed by atoms with E-state index in [0.29, 0.717) is 6.42 Å². The monoisotopic (exact) mass is 324 g/mol. The second-order valence-corrected chi connectivity index (χ2v) is 7.23. The summed E-state index contributed by atoms with van der Waals surface area (Å²) in [5, 5.41) is 0. The Hall–Kier alpha value is -1.69. The van der Waals surface area contributed by atoms with E-state index in [1.165, 1.54) is 0 Å². The van der Waals surface area contributed by atoms with Gasteiger partial charge in [-0.3, -0.25) is 9.59 Å². The van der Waals surface area contributed by atoms with E-state index in [-0.39, 0.29) is 18.6 Å². The third-order valence-corrected chi connectivity index (χ3v) is 4.25. The van der Waals surface area contributed by atoms with Gasteiger partial charge in [-0.15, -0.1) is 0 Å². The van der Waals surface area contributed by atoms with Crippen LogP contribution >= 0.6 is 0 Å². The first-order valence-corrected chi connectivity index (χ1v) is 7.81. The Morgan fingerprint density at radius 3 is 2.52 bits per heavy atom. The largest absolute Gasteiger partial charge is 0.465 e. The molecule has 0 saturated carbocycles. The van der Waals surface area contributed by atoms with Gasteiger partial charge in [0.15, 0.2) is 5.78 Å². The molecule has 0 amide bonds. The van der Waals surface area contributed by atoms with Crippen molar-refractivity contribution in [3.63, 3.8) is 0 Å². The van der Waals surface area contributed by atoms with Crippen molar-refractivity contribution >= 4 is 17.7 Å². The zero-order valence-corrected chi connectivity index (χ0v) is 14.4. The lowest BCUT2D eigenvalue weighted by molar-refractivity contribution is -0.198. The quantitative estimate of drug-likeness (QED) is 0.448. The molecule has 2 rings (SSSR count). The van der Waals surface area contributed by atoms with E-state index in [4.69, 9.17) is 14.2 Å². The Bertz CT molecular complexity index is 572. The van der Waals surface area contributed by atoms with Gasteiger partial charge in [0, 0.05) is 6.42 Å². The van der Waals surface area contributed by atoms with E-state index < -0.39 is 40.4 Å². The Morgan fingerprint density at radius 2 is 2.00 bits per heavy atom. The highest BCUT2D eigenvalue weighted by molar-refractivity contribution is 6.13. The first kappa shape index (κ1) is 17.7. The Morgan fingerprint density at radius 1 is 1.39 bits per heavy atom. The third kappa shape index (κ3) is 2.69. The van der Waals surface area contributed by atoms with Crippen molar-refractivity contribution in [1.82, 2.24) is 0 Å². The first-order valence-electron chi connectivity index (χ1n) is 7.81. The molecule has 0 N–H and O–H groups in total. The van der Waals surface area contributed by atoms with E-state index in [2.05, 4.69) is 6.58 Å². The standard InChI is InChI=1S/C17H24O6/c1-7-21-13(19)12-10(2)17(14(20)22-15(3,4)5)11(18)8-9-16(12,6)23-17/h12H,2,7-9H2,1,3-6H3/t12-,16+,17+/m1/s1. The highest BCUT2D eigenvalue weighted by atomic mass is 16.6. The average Bonchev–Trinajstić information content (AvgIpc) is 2.59. The van der Waals surface area contributed by atoms with Gasteiger partial charge in [-0.2, -0.15) is 0 Å². The van der Waals surface area contributed by atoms with Crippen molar-refractivity contribution < 1.29 is 28.6 Å². The fourth-order valence-corrected chi connectivity index (χ4v) is 3.27. The van der Waals surface area contributed by atoms with Gasteiger partial charge in [0.1, 0.15) is 11.5 Å². The molecule has 6 nitrogen and oxygen atoms in total. The Balaban J connectivity index is 2.46. The molecule has 6 heteroatoms. The van der Waals surface area contributed by atoms with Crippen LogP contribution in [0.5, 0.6) is 0 Å². The number of carbonyl (C=O) groups is 3. The van der Waals surface area contributed by atoms with E-state index in [1.54, 1.807) is 34.6 Å². The zero-order chi connectivity index (χ0) is 17.6. The molecule has 2 aliphatic heterocycles. The minimum atomic E-state index is -1.91. The lowest BCUT2D eigenvalue weighted by Crippen LogP contribution is -2.54. The number of Topliss-reactive ketones (excluding diaryl/α,β-unsaturated/α-hetero) is 1. The summed E-state index contributed by atoms with van der Waals surface area (Å²) in [4.78, 5) is 37.6. The molecule has 2 aliphatic rings. The summed E-state index contributed by atoms with van der Waals surface area (Å²) in [6.07, 6.45) is 0.462. The fourth-order valence-electron chi connectivity index (χ4n) is 3.27. The number of hydrogen-bond donors (Lipinski definition) is 0. The Kier molecular flexibility index (Phi) is 4.18. The van der Waals surface area contributed by atoms with Crippen molar-refractivity contribution in [2.75, 3.05) is 6.61 Å². The van der Waals surface area contributed by atoms with Crippen molar-refractivity contribution in [2.24, 2.45) is 5.92 Å². The zero-order valence-electron chi connectivity index (χ0n) is 14.4. The predicted molar refractivity (Wildman–Crippen MR) is 81.6 cm³/mol. The highest BCUT2D eigenvalue weighted by Crippen LogP contribution is 2.53. The van der Waals surface area contributed by atoms with Crippen LogP contribution in [0.3, 0.4) is 0 Å². The maximum atomic E-state index is 12.7. The van der Waals surface area contributed by atoms with Crippen LogP contribution in [-0.2, 0) is 28.6 Å². The van der Waals surface area contributed by atoms with Crippen LogP contribution in [0, 0.1) is 5.92 Å². The van der Waals surface area contributed by atoms with Crippen LogP contribution in [0.15, 0.2) is 12.2 Å². The molecule has 0 aromatic rings. The van der Waals surface area contributed by atoms with Crippen LogP contribution < -0.4 is 0 Å². The molecule has 0 aromatic heterocycles. The molecule has 0 radical (unpaired) electrons. The molecule has 128 valence electrons. The van der Waals surface area contributed by atoms with Crippen molar-refractivity contribution in [3.05, 3.63) is 12.2 Å². The van der Waals surface area contributed by atoms with E-state index in [9.17, 15) is 14.4 Å². The van der Waals surface area contributed by atoms with Crippen LogP contribution in [0.1, 0.15) is 47.5 Å². The molecule has 0 aliphatic carbocycles. The van der Waals surface area contributed by atoms with Gasteiger partial charge in [-0.25, -0.2) is 4.79 Å². The van der Waals surface area contributed by atoms with Gasteiger partial charge in [-0.05, 0) is 46.6 Å². The first-order chi connectivity index (χ1) is 10.5. The summed E-state index contributed by atoms with van der Waals surface area (Å²) < 4.78 is 16.3. The molecule has 2 fully saturated rings. The SMILES string of the molecule is C=C1[C@H](C(=O)OCC)[C@]2(C)CCC(=O)[C@@]1(C(=O)OC(C)(C)C)O2. The predicted octanol–water partition coefficient (Wildman–Crippen LogP) is 1.95. The highest BCUT2D eigenvalue weighted by Gasteiger charge is 2.69. The second-order valence-electron chi connectivity index (χ2n) is 7.23. The van der Waals surface area contributed by atoms with Crippen molar-refractivity contribution in [1.29, 1.82) is 0 Å². The minimum absolute atomic E-state index is 0.121. The number of fused-ring (bicyclic) bond motifs is 2. The normalized spacial score (nSPS) is 33.5. The number of carbonyl (C=O) groups excluding carboxylic acids is 3. The maximum absolute atomic E-state index is 12.7. The molecule has 0 spiro atoms. The number of hydrogen-bond acceptors (Lipinski definition) is 6. The summed E-state index contributed by atoms with van der Waals surface area (Å²) in [6, 6.07) is 0. The van der Waals surface area contributed by atoms with Crippen LogP contribution in [0.2, 0.25) is 0 Å². The van der Waals surface area contributed by atoms with Crippen molar-refractivity contribution in [2.45, 2.75) is 64.3 Å². The molecule has 2 saturated heterocycles. The number of esters is 2. The number of ether oxygens (including phenoxy) is 3. The molecule has 2 bridgehead atoms. The second kappa shape index (κ2) is 5.44. The van der Waals surface area contributed by atoms with Gasteiger partial charge >= 0.3 is 11.9 Å². The molecule has 0 aromatic carbocycles. The van der Waals surface area contributed by atoms with E-state index >= 15 is 0 Å². The lowest BCUT2D eigenvalue weighted by atomic mass is 9.82. The van der Waals surface area contributed by atoms with Gasteiger partial charge in [0.05, 0.1) is 12.2 Å². The van der Waals surface area contributed by atoms with E-state index in [0.717, 1.165) is 0 Å². The van der Waals surface area contributed by atoms with Crippen LogP contribution in [0.25, 0.3) is 0 Å². The number of rotatable bonds is 3. The third-order valence-electron chi connectivity index (χ3n) is 4.25. The molecule has 23 heavy (non-hydrogen) atoms. The number of ketones is 1. The minimum Gasteiger partial charge on any atom is -0.465 e. The van der Waals surface area contributed by atoms with Crippen LogP contribution in [-0.4, -0.2) is 41.1 Å². The lowest BCUT2D eigenvalue weighted by Gasteiger charge is -2.37.